The second-order valence-corrected chi connectivity index (χ2v) is 9.53. The number of hydrogen-bond donors (Lipinski definition) is 2. The molecule has 1 aliphatic rings. The van der Waals surface area contributed by atoms with Crippen molar-refractivity contribution in [2.75, 3.05) is 10.6 Å². The summed E-state index contributed by atoms with van der Waals surface area (Å²) in [6.45, 7) is 2.42. The van der Waals surface area contributed by atoms with Crippen molar-refractivity contribution in [2.45, 2.75) is 39.2 Å². The summed E-state index contributed by atoms with van der Waals surface area (Å²) in [7, 11) is 0. The summed E-state index contributed by atoms with van der Waals surface area (Å²) < 4.78 is 15.2. The number of rotatable bonds is 4. The maximum absolute atomic E-state index is 13.4. The third-order valence-corrected chi connectivity index (χ3v) is 7.27. The number of benzene rings is 2. The lowest BCUT2D eigenvalue weighted by Gasteiger charge is -2.09. The number of nitrogens with one attached hydrogen (secondary N) is 2. The van der Waals surface area contributed by atoms with Crippen molar-refractivity contribution >= 4 is 44.7 Å². The Morgan fingerprint density at radius 1 is 1.00 bits per heavy atom. The molecule has 2 N–H and O–H groups in total. The average Bonchev–Trinajstić information content (AvgIpc) is 3.00. The van der Waals surface area contributed by atoms with Gasteiger partial charge in [0.15, 0.2) is 0 Å². The molecule has 0 saturated heterocycles. The zero-order valence-corrected chi connectivity index (χ0v) is 19.9. The number of anilines is 2. The van der Waals surface area contributed by atoms with E-state index in [0.29, 0.717) is 44.1 Å². The molecule has 1 aliphatic heterocycles. The Hall–Kier alpha value is -3.85. The van der Waals surface area contributed by atoms with Gasteiger partial charge < -0.3 is 10.6 Å². The summed E-state index contributed by atoms with van der Waals surface area (Å²) in [6.07, 6.45) is 3.77. The van der Waals surface area contributed by atoms with Crippen LogP contribution in [0.5, 0.6) is 0 Å². The molecule has 178 valence electrons. The fourth-order valence-electron chi connectivity index (χ4n) is 4.32. The topological polar surface area (TPSA) is 93.1 Å². The molecule has 0 aliphatic carbocycles. The van der Waals surface area contributed by atoms with Gasteiger partial charge in [0, 0.05) is 29.9 Å². The zero-order valence-electron chi connectivity index (χ0n) is 19.1. The highest BCUT2D eigenvalue weighted by molar-refractivity contribution is 7.20. The van der Waals surface area contributed by atoms with E-state index in [2.05, 4.69) is 10.6 Å². The smallest absolute Gasteiger partial charge is 0.266 e. The van der Waals surface area contributed by atoms with Crippen molar-refractivity contribution in [1.82, 2.24) is 9.55 Å². The van der Waals surface area contributed by atoms with Crippen molar-refractivity contribution in [3.63, 3.8) is 0 Å². The Balaban J connectivity index is 1.39. The molecule has 0 atom stereocenters. The monoisotopic (exact) mass is 490 g/mol. The van der Waals surface area contributed by atoms with Crippen molar-refractivity contribution in [3.8, 4) is 0 Å². The summed E-state index contributed by atoms with van der Waals surface area (Å²) in [5.41, 5.74) is 1.60. The Morgan fingerprint density at radius 2 is 1.74 bits per heavy atom. The van der Waals surface area contributed by atoms with Gasteiger partial charge in [0.05, 0.1) is 10.3 Å². The molecule has 0 bridgehead atoms. The molecule has 2 aromatic heterocycles. The molecule has 3 heterocycles. The highest BCUT2D eigenvalue weighted by atomic mass is 32.1. The normalized spacial score (nSPS) is 13.2. The number of carbonyl (C=O) groups excluding carboxylic acids is 2. The number of carbonyl (C=O) groups is 2. The molecule has 2 aromatic carbocycles. The number of halogens is 1. The molecular formula is C26H23FN4O3S. The Bertz CT molecular complexity index is 1530. The van der Waals surface area contributed by atoms with Gasteiger partial charge >= 0.3 is 0 Å². The first kappa shape index (κ1) is 22.9. The van der Waals surface area contributed by atoms with Crippen LogP contribution in [0.25, 0.3) is 10.2 Å². The lowest BCUT2D eigenvalue weighted by molar-refractivity contribution is 0.101. The molecule has 4 aromatic rings. The summed E-state index contributed by atoms with van der Waals surface area (Å²) in [4.78, 5) is 44.6. The molecule has 0 fully saturated rings. The van der Waals surface area contributed by atoms with Crippen LogP contribution in [-0.2, 0) is 13.0 Å². The summed E-state index contributed by atoms with van der Waals surface area (Å²) in [5.74, 6) is -0.463. The van der Waals surface area contributed by atoms with E-state index in [1.807, 2.05) is 0 Å². The van der Waals surface area contributed by atoms with Gasteiger partial charge in [0.25, 0.3) is 17.4 Å². The van der Waals surface area contributed by atoms with E-state index in [1.165, 1.54) is 29.5 Å². The predicted molar refractivity (Wildman–Crippen MR) is 135 cm³/mol. The van der Waals surface area contributed by atoms with Crippen LogP contribution in [-0.4, -0.2) is 21.4 Å². The van der Waals surface area contributed by atoms with Gasteiger partial charge in [0.1, 0.15) is 16.5 Å². The van der Waals surface area contributed by atoms with Gasteiger partial charge in [-0.1, -0.05) is 18.6 Å². The fourth-order valence-corrected chi connectivity index (χ4v) is 5.41. The van der Waals surface area contributed by atoms with Gasteiger partial charge in [-0.2, -0.15) is 0 Å². The van der Waals surface area contributed by atoms with E-state index in [9.17, 15) is 18.8 Å². The van der Waals surface area contributed by atoms with Gasteiger partial charge in [-0.3, -0.25) is 19.0 Å². The van der Waals surface area contributed by atoms with Crippen LogP contribution >= 0.6 is 11.3 Å². The van der Waals surface area contributed by atoms with E-state index >= 15 is 0 Å². The minimum absolute atomic E-state index is 0.0873. The molecule has 0 saturated carbocycles. The SMILES string of the molecule is Cc1c(C(=O)Nc2cccc(C(=O)Nc3cccc(F)c3)c2)sc2nc3n(c(=O)c12)CCCCC3. The molecule has 2 amide bonds. The van der Waals surface area contributed by atoms with Crippen LogP contribution in [0.15, 0.2) is 53.3 Å². The van der Waals surface area contributed by atoms with Gasteiger partial charge in [0.2, 0.25) is 0 Å². The van der Waals surface area contributed by atoms with Crippen molar-refractivity contribution < 1.29 is 14.0 Å². The second-order valence-electron chi connectivity index (χ2n) is 8.53. The van der Waals surface area contributed by atoms with E-state index < -0.39 is 11.7 Å². The number of nitrogens with zero attached hydrogens (tertiary/aromatic N) is 2. The second kappa shape index (κ2) is 9.42. The van der Waals surface area contributed by atoms with Crippen LogP contribution in [0.2, 0.25) is 0 Å². The first-order chi connectivity index (χ1) is 16.9. The first-order valence-corrected chi connectivity index (χ1v) is 12.2. The quantitative estimate of drug-likeness (QED) is 0.414. The zero-order chi connectivity index (χ0) is 24.5. The third kappa shape index (κ3) is 4.59. The minimum atomic E-state index is -0.451. The van der Waals surface area contributed by atoms with Gasteiger partial charge in [-0.05, 0) is 61.7 Å². The maximum Gasteiger partial charge on any atom is 0.266 e. The van der Waals surface area contributed by atoms with Gasteiger partial charge in [-0.25, -0.2) is 9.37 Å². The van der Waals surface area contributed by atoms with Crippen molar-refractivity contribution in [1.29, 1.82) is 0 Å². The van der Waals surface area contributed by atoms with Crippen LogP contribution in [0, 0.1) is 12.7 Å². The lowest BCUT2D eigenvalue weighted by Crippen LogP contribution is -2.24. The molecule has 9 heteroatoms. The number of hydrogen-bond acceptors (Lipinski definition) is 5. The van der Waals surface area contributed by atoms with Crippen molar-refractivity contribution in [2.24, 2.45) is 0 Å². The molecule has 5 rings (SSSR count). The third-order valence-electron chi connectivity index (χ3n) is 6.08. The molecular weight excluding hydrogens is 467 g/mol. The minimum Gasteiger partial charge on any atom is -0.322 e. The standard InChI is InChI=1S/C26H23FN4O3S/c1-15-21-25(30-20-11-3-2-4-12-31(20)26(21)34)35-22(15)24(33)29-18-9-5-7-16(13-18)23(32)28-19-10-6-8-17(27)14-19/h5-10,13-14H,2-4,11-12H2,1H3,(H,28,32)(H,29,33). The average molecular weight is 491 g/mol. The largest absolute Gasteiger partial charge is 0.322 e. The highest BCUT2D eigenvalue weighted by Crippen LogP contribution is 2.29. The molecule has 0 unspecified atom stereocenters. The Morgan fingerprint density at radius 3 is 2.54 bits per heavy atom. The van der Waals surface area contributed by atoms with E-state index in [0.717, 1.165) is 31.5 Å². The van der Waals surface area contributed by atoms with E-state index in [1.54, 1.807) is 41.8 Å². The predicted octanol–water partition coefficient (Wildman–Crippen LogP) is 5.14. The molecule has 0 spiro atoms. The molecule has 35 heavy (non-hydrogen) atoms. The van der Waals surface area contributed by atoms with Crippen LogP contribution < -0.4 is 16.2 Å². The number of amides is 2. The van der Waals surface area contributed by atoms with E-state index in [4.69, 9.17) is 4.98 Å². The Labute approximate surface area is 204 Å². The number of fused-ring (bicyclic) bond motifs is 2. The molecule has 0 radical (unpaired) electrons. The number of thiophene rings is 1. The maximum atomic E-state index is 13.4. The molecule has 7 nitrogen and oxygen atoms in total. The first-order valence-electron chi connectivity index (χ1n) is 11.4. The highest BCUT2D eigenvalue weighted by Gasteiger charge is 2.22. The van der Waals surface area contributed by atoms with Crippen molar-refractivity contribution in [3.05, 3.63) is 86.5 Å². The summed E-state index contributed by atoms with van der Waals surface area (Å²) in [6, 6.07) is 12.1. The van der Waals surface area contributed by atoms with E-state index in [-0.39, 0.29) is 11.5 Å². The lowest BCUT2D eigenvalue weighted by atomic mass is 10.1. The van der Waals surface area contributed by atoms with Crippen LogP contribution in [0.4, 0.5) is 15.8 Å². The fraction of sp³-hybridized carbons (Fsp3) is 0.231. The van der Waals surface area contributed by atoms with Gasteiger partial charge in [-0.15, -0.1) is 11.3 Å². The Kier molecular flexibility index (Phi) is 6.17. The summed E-state index contributed by atoms with van der Waals surface area (Å²) in [5, 5.41) is 5.96. The number of aryl methyl sites for hydroxylation is 2. The van der Waals surface area contributed by atoms with Crippen LogP contribution in [0.3, 0.4) is 0 Å². The van der Waals surface area contributed by atoms with Crippen LogP contribution in [0.1, 0.15) is 50.7 Å². The number of aromatic nitrogens is 2. The summed E-state index contributed by atoms with van der Waals surface area (Å²) >= 11 is 1.21.